The summed E-state index contributed by atoms with van der Waals surface area (Å²) in [7, 11) is 1.54. The van der Waals surface area contributed by atoms with E-state index in [-0.39, 0.29) is 43.5 Å². The Morgan fingerprint density at radius 3 is 2.44 bits per heavy atom. The summed E-state index contributed by atoms with van der Waals surface area (Å²) in [6.07, 6.45) is 8.93. The summed E-state index contributed by atoms with van der Waals surface area (Å²) in [5.74, 6) is -1.24. The molecule has 3 aliphatic rings. The van der Waals surface area contributed by atoms with Gasteiger partial charge >= 0.3 is 6.09 Å². The van der Waals surface area contributed by atoms with Gasteiger partial charge in [0, 0.05) is 49.8 Å². The van der Waals surface area contributed by atoms with Crippen LogP contribution in [-0.4, -0.2) is 78.1 Å². The number of oxime groups is 1. The molecule has 0 aromatic heterocycles. The SMILES string of the molecule is C=CCOC12Oc3ccc(OC(=O)NCc4ccccc4)cc3C3C(CCCCO)C(CCCCO)C=C(C(=NOC)CC1N(CCC)C(=O)c1ccc4ccccc4c1)C32. The Morgan fingerprint density at radius 1 is 0.951 bits per heavy atom. The number of nitrogens with one attached hydrogen (secondary N) is 1. The molecule has 2 amide bonds. The van der Waals surface area contributed by atoms with Gasteiger partial charge in [0.1, 0.15) is 24.7 Å². The van der Waals surface area contributed by atoms with E-state index in [0.717, 1.165) is 53.2 Å². The average molecular weight is 830 g/mol. The smallest absolute Gasteiger partial charge is 0.412 e. The van der Waals surface area contributed by atoms with Crippen LogP contribution in [0.5, 0.6) is 11.5 Å². The molecule has 1 aliphatic heterocycles. The van der Waals surface area contributed by atoms with Crippen LogP contribution < -0.4 is 14.8 Å². The Labute approximate surface area is 359 Å². The van der Waals surface area contributed by atoms with Gasteiger partial charge in [-0.1, -0.05) is 97.7 Å². The minimum Gasteiger partial charge on any atom is -0.459 e. The molecular weight excluding hydrogens is 771 g/mol. The second-order valence-electron chi connectivity index (χ2n) is 16.2. The van der Waals surface area contributed by atoms with Crippen molar-refractivity contribution in [3.05, 3.63) is 132 Å². The average Bonchev–Trinajstić information content (AvgIpc) is 3.28. The highest BCUT2D eigenvalue weighted by molar-refractivity contribution is 6.04. The molecule has 0 bridgehead atoms. The topological polar surface area (TPSA) is 139 Å². The standard InChI is InChI=1S/C50H59N3O8/c1-4-25-53(48(56)38-22-21-35-17-9-10-18-36(35)29-38)45-32-43(52-58-3)41-30-37(19-11-13-26-54)40(20-12-14-27-55)46-42-31-39(60-49(57)51-33-34-15-7-6-8-16-34)23-24-44(42)61-50(45,47(41)46)59-28-5-2/h5-10,15-18,21-24,29-31,37,40,45-47,54-55H,2,4,11-14,19-20,25-28,32-33H2,1,3H3,(H,51,57). The summed E-state index contributed by atoms with van der Waals surface area (Å²) < 4.78 is 20.4. The molecule has 2 aliphatic carbocycles. The highest BCUT2D eigenvalue weighted by Crippen LogP contribution is 2.62. The van der Waals surface area contributed by atoms with Gasteiger partial charge in [0.25, 0.3) is 5.91 Å². The number of carbonyl (C=O) groups is 2. The molecule has 1 fully saturated rings. The molecule has 0 radical (unpaired) electrons. The Bertz CT molecular complexity index is 2210. The van der Waals surface area contributed by atoms with Gasteiger partial charge in [-0.2, -0.15) is 0 Å². The Kier molecular flexibility index (Phi) is 14.6. The molecule has 6 unspecified atom stereocenters. The lowest BCUT2D eigenvalue weighted by Gasteiger charge is -2.60. The zero-order chi connectivity index (χ0) is 42.8. The molecule has 322 valence electrons. The highest BCUT2D eigenvalue weighted by Gasteiger charge is 2.65. The van der Waals surface area contributed by atoms with Crippen LogP contribution in [0.4, 0.5) is 4.79 Å². The van der Waals surface area contributed by atoms with Crippen LogP contribution >= 0.6 is 0 Å². The van der Waals surface area contributed by atoms with Crippen molar-refractivity contribution in [1.29, 1.82) is 0 Å². The number of fused-ring (bicyclic) bond motifs is 3. The maximum absolute atomic E-state index is 15.1. The first-order valence-corrected chi connectivity index (χ1v) is 21.8. The molecule has 3 N–H and O–H groups in total. The van der Waals surface area contributed by atoms with Crippen LogP contribution in [0.3, 0.4) is 0 Å². The summed E-state index contributed by atoms with van der Waals surface area (Å²) in [6, 6.07) is 28.3. The zero-order valence-corrected chi connectivity index (χ0v) is 35.3. The molecule has 0 spiro atoms. The first-order valence-electron chi connectivity index (χ1n) is 21.8. The summed E-state index contributed by atoms with van der Waals surface area (Å²) >= 11 is 0. The van der Waals surface area contributed by atoms with Crippen molar-refractivity contribution in [2.75, 3.05) is 33.5 Å². The fourth-order valence-electron chi connectivity index (χ4n) is 9.86. The maximum atomic E-state index is 15.1. The second-order valence-corrected chi connectivity index (χ2v) is 16.2. The number of rotatable bonds is 19. The largest absolute Gasteiger partial charge is 0.459 e. The highest BCUT2D eigenvalue weighted by atomic mass is 16.7. The minimum absolute atomic E-state index is 0.0221. The quantitative estimate of drug-likeness (QED) is 0.0484. The molecule has 7 rings (SSSR count). The molecule has 61 heavy (non-hydrogen) atoms. The molecule has 11 nitrogen and oxygen atoms in total. The molecule has 11 heteroatoms. The summed E-state index contributed by atoms with van der Waals surface area (Å²) in [5.41, 5.74) is 4.03. The van der Waals surface area contributed by atoms with E-state index in [2.05, 4.69) is 24.9 Å². The molecule has 1 saturated carbocycles. The van der Waals surface area contributed by atoms with Crippen molar-refractivity contribution < 1.29 is 38.9 Å². The first kappa shape index (κ1) is 43.6. The fourth-order valence-corrected chi connectivity index (χ4v) is 9.86. The van der Waals surface area contributed by atoms with Gasteiger partial charge in [-0.25, -0.2) is 4.79 Å². The number of aliphatic hydroxyl groups excluding tert-OH is 2. The number of amides is 2. The van der Waals surface area contributed by atoms with Crippen LogP contribution in [0.15, 0.2) is 120 Å². The van der Waals surface area contributed by atoms with E-state index >= 15 is 4.79 Å². The van der Waals surface area contributed by atoms with Crippen LogP contribution in [-0.2, 0) is 16.1 Å². The van der Waals surface area contributed by atoms with Gasteiger partial charge in [0.2, 0.25) is 5.79 Å². The third-order valence-corrected chi connectivity index (χ3v) is 12.4. The van der Waals surface area contributed by atoms with Crippen molar-refractivity contribution >= 4 is 28.5 Å². The Hall–Kier alpha value is -5.49. The second kappa shape index (κ2) is 20.4. The van der Waals surface area contributed by atoms with Crippen LogP contribution in [0.2, 0.25) is 0 Å². The van der Waals surface area contributed by atoms with Gasteiger partial charge in [0.05, 0.1) is 18.2 Å². The summed E-state index contributed by atoms with van der Waals surface area (Å²) in [6.45, 7) is 7.16. The third kappa shape index (κ3) is 9.39. The van der Waals surface area contributed by atoms with Crippen molar-refractivity contribution in [2.45, 2.75) is 82.6 Å². The number of unbranched alkanes of at least 4 members (excludes halogenated alkanes) is 2. The number of hydrogen-bond donors (Lipinski definition) is 3. The van der Waals surface area contributed by atoms with Crippen molar-refractivity contribution in [3.63, 3.8) is 0 Å². The van der Waals surface area contributed by atoms with Crippen LogP contribution in [0, 0.1) is 17.8 Å². The van der Waals surface area contributed by atoms with Gasteiger partial charge in [0.15, 0.2) is 0 Å². The fraction of sp³-hybridized carbons (Fsp3) is 0.420. The number of carbonyl (C=O) groups excluding carboxylic acids is 2. The lowest BCUT2D eigenvalue weighted by Crippen LogP contribution is -2.70. The van der Waals surface area contributed by atoms with Gasteiger partial charge in [-0.15, -0.1) is 6.58 Å². The van der Waals surface area contributed by atoms with E-state index in [1.165, 1.54) is 0 Å². The number of aliphatic hydroxyl groups is 2. The Morgan fingerprint density at radius 2 is 1.70 bits per heavy atom. The summed E-state index contributed by atoms with van der Waals surface area (Å²) in [5, 5.41) is 29.4. The monoisotopic (exact) mass is 829 g/mol. The molecule has 4 aromatic rings. The van der Waals surface area contributed by atoms with Gasteiger partial charge in [-0.3, -0.25) is 4.79 Å². The molecule has 6 atom stereocenters. The maximum Gasteiger partial charge on any atom is 0.412 e. The predicted octanol–water partition coefficient (Wildman–Crippen LogP) is 8.94. The predicted molar refractivity (Wildman–Crippen MR) is 237 cm³/mol. The molecular formula is C50H59N3O8. The summed E-state index contributed by atoms with van der Waals surface area (Å²) in [4.78, 5) is 35.8. The minimum atomic E-state index is -1.40. The van der Waals surface area contributed by atoms with Gasteiger partial charge in [-0.05, 0) is 96.2 Å². The van der Waals surface area contributed by atoms with E-state index in [0.29, 0.717) is 61.5 Å². The lowest BCUT2D eigenvalue weighted by atomic mass is 9.55. The Balaban J connectivity index is 1.38. The van der Waals surface area contributed by atoms with Crippen LogP contribution in [0.1, 0.15) is 85.7 Å². The zero-order valence-electron chi connectivity index (χ0n) is 35.3. The molecule has 0 saturated heterocycles. The normalized spacial score (nSPS) is 23.2. The molecule has 4 aromatic carbocycles. The molecule has 1 heterocycles. The van der Waals surface area contributed by atoms with Gasteiger partial charge < -0.3 is 39.5 Å². The van der Waals surface area contributed by atoms with Crippen molar-refractivity contribution in [2.24, 2.45) is 22.9 Å². The number of benzene rings is 4. The van der Waals surface area contributed by atoms with E-state index in [9.17, 15) is 15.0 Å². The van der Waals surface area contributed by atoms with E-state index in [1.807, 2.05) is 89.8 Å². The first-order chi connectivity index (χ1) is 29.8. The van der Waals surface area contributed by atoms with E-state index in [4.69, 9.17) is 24.2 Å². The number of allylic oxidation sites excluding steroid dienone is 1. The number of nitrogens with zero attached hydrogens (tertiary/aromatic N) is 2. The van der Waals surface area contributed by atoms with Crippen molar-refractivity contribution in [3.8, 4) is 11.5 Å². The van der Waals surface area contributed by atoms with Crippen molar-refractivity contribution in [1.82, 2.24) is 10.2 Å². The third-order valence-electron chi connectivity index (χ3n) is 12.4. The lowest BCUT2D eigenvalue weighted by molar-refractivity contribution is -0.254. The number of hydrogen-bond acceptors (Lipinski definition) is 9. The van der Waals surface area contributed by atoms with E-state index < -0.39 is 23.8 Å². The number of ether oxygens (including phenoxy) is 3. The van der Waals surface area contributed by atoms with Crippen LogP contribution in [0.25, 0.3) is 10.8 Å². The van der Waals surface area contributed by atoms with E-state index in [1.54, 1.807) is 19.3 Å².